The average molecular weight is 294 g/mol. The van der Waals surface area contributed by atoms with E-state index in [9.17, 15) is 9.59 Å². The molecule has 1 aromatic heterocycles. The molecule has 0 bridgehead atoms. The smallest absolute Gasteiger partial charge is 0.336 e. The third-order valence-electron chi connectivity index (χ3n) is 3.53. The number of aromatic amines is 1. The Hall–Kier alpha value is -3.08. The molecule has 0 aliphatic carbocycles. The van der Waals surface area contributed by atoms with Gasteiger partial charge in [0.25, 0.3) is 5.91 Å². The molecule has 5 heteroatoms. The Bertz CT molecular complexity index is 852. The summed E-state index contributed by atoms with van der Waals surface area (Å²) in [6.07, 6.45) is 1.84. The van der Waals surface area contributed by atoms with Gasteiger partial charge in [0.05, 0.1) is 11.1 Å². The van der Waals surface area contributed by atoms with Crippen LogP contribution in [0.3, 0.4) is 0 Å². The maximum atomic E-state index is 12.2. The molecule has 0 spiro atoms. The van der Waals surface area contributed by atoms with Crippen molar-refractivity contribution in [2.24, 2.45) is 0 Å². The minimum Gasteiger partial charge on any atom is -0.478 e. The fourth-order valence-electron chi connectivity index (χ4n) is 2.44. The van der Waals surface area contributed by atoms with Crippen LogP contribution in [-0.4, -0.2) is 22.0 Å². The number of carbonyl (C=O) groups excluding carboxylic acids is 1. The van der Waals surface area contributed by atoms with Crippen LogP contribution in [0.5, 0.6) is 0 Å². The Morgan fingerprint density at radius 2 is 1.77 bits per heavy atom. The van der Waals surface area contributed by atoms with Crippen molar-refractivity contribution < 1.29 is 14.7 Å². The molecule has 0 saturated carbocycles. The van der Waals surface area contributed by atoms with Crippen LogP contribution >= 0.6 is 0 Å². The highest BCUT2D eigenvalue weighted by molar-refractivity contribution is 6.04. The van der Waals surface area contributed by atoms with Gasteiger partial charge in [-0.25, -0.2) is 4.79 Å². The maximum absolute atomic E-state index is 12.2. The van der Waals surface area contributed by atoms with E-state index in [1.54, 1.807) is 12.1 Å². The van der Waals surface area contributed by atoms with Crippen LogP contribution in [0.4, 0.5) is 0 Å². The first-order valence-corrected chi connectivity index (χ1v) is 6.82. The fraction of sp³-hybridized carbons (Fsp3) is 0.0588. The zero-order valence-corrected chi connectivity index (χ0v) is 11.7. The molecule has 3 N–H and O–H groups in total. The molecule has 0 aliphatic heterocycles. The number of H-pyrrole nitrogens is 1. The van der Waals surface area contributed by atoms with Gasteiger partial charge < -0.3 is 15.4 Å². The van der Waals surface area contributed by atoms with E-state index in [0.717, 1.165) is 16.5 Å². The lowest BCUT2D eigenvalue weighted by Gasteiger charge is -2.08. The second-order valence-electron chi connectivity index (χ2n) is 4.89. The lowest BCUT2D eigenvalue weighted by molar-refractivity contribution is 0.0691. The molecule has 0 radical (unpaired) electrons. The fourth-order valence-corrected chi connectivity index (χ4v) is 2.44. The highest BCUT2D eigenvalue weighted by Crippen LogP contribution is 2.17. The van der Waals surface area contributed by atoms with Crippen LogP contribution in [0.2, 0.25) is 0 Å². The molecular formula is C17H14N2O3. The minimum atomic E-state index is -1.11. The largest absolute Gasteiger partial charge is 0.478 e. The molecule has 2 aromatic carbocycles. The van der Waals surface area contributed by atoms with Crippen molar-refractivity contribution >= 4 is 22.8 Å². The van der Waals surface area contributed by atoms with Crippen LogP contribution < -0.4 is 5.32 Å². The lowest BCUT2D eigenvalue weighted by Crippen LogP contribution is -2.25. The van der Waals surface area contributed by atoms with E-state index in [2.05, 4.69) is 10.3 Å². The number of carboxylic acid groups (broad SMARTS) is 1. The number of nitrogens with one attached hydrogen (secondary N) is 2. The number of aromatic carboxylic acids is 1. The average Bonchev–Trinajstić information content (AvgIpc) is 3.01. The summed E-state index contributed by atoms with van der Waals surface area (Å²) in [6, 6.07) is 13.9. The van der Waals surface area contributed by atoms with Gasteiger partial charge in [0, 0.05) is 23.6 Å². The van der Waals surface area contributed by atoms with E-state index in [0.29, 0.717) is 6.54 Å². The first-order valence-electron chi connectivity index (χ1n) is 6.82. The number of rotatable bonds is 4. The molecule has 0 saturated heterocycles. The van der Waals surface area contributed by atoms with E-state index < -0.39 is 11.9 Å². The Morgan fingerprint density at radius 1 is 1.00 bits per heavy atom. The molecule has 110 valence electrons. The van der Waals surface area contributed by atoms with E-state index in [4.69, 9.17) is 5.11 Å². The van der Waals surface area contributed by atoms with E-state index >= 15 is 0 Å². The van der Waals surface area contributed by atoms with Crippen molar-refractivity contribution in [1.82, 2.24) is 10.3 Å². The zero-order chi connectivity index (χ0) is 15.5. The standard InChI is InChI=1S/C17H14N2O3/c20-16(13-5-1-2-6-14(13)17(21)22)19-10-11-4-3-7-15-12(11)8-9-18-15/h1-9,18H,10H2,(H,19,20)(H,21,22). The molecule has 5 nitrogen and oxygen atoms in total. The molecule has 0 aliphatic rings. The van der Waals surface area contributed by atoms with E-state index in [1.807, 2.05) is 30.5 Å². The quantitative estimate of drug-likeness (QED) is 0.692. The summed E-state index contributed by atoms with van der Waals surface area (Å²) >= 11 is 0. The number of amides is 1. The topological polar surface area (TPSA) is 82.2 Å². The Kier molecular flexibility index (Phi) is 3.62. The molecule has 0 unspecified atom stereocenters. The van der Waals surface area contributed by atoms with Crippen molar-refractivity contribution in [2.75, 3.05) is 0 Å². The second-order valence-corrected chi connectivity index (χ2v) is 4.89. The van der Waals surface area contributed by atoms with Crippen LogP contribution in [0.25, 0.3) is 10.9 Å². The van der Waals surface area contributed by atoms with Gasteiger partial charge in [0.1, 0.15) is 0 Å². The number of benzene rings is 2. The lowest BCUT2D eigenvalue weighted by atomic mass is 10.1. The van der Waals surface area contributed by atoms with Crippen molar-refractivity contribution in [3.05, 3.63) is 71.4 Å². The number of aromatic nitrogens is 1. The van der Waals surface area contributed by atoms with E-state index in [-0.39, 0.29) is 11.1 Å². The van der Waals surface area contributed by atoms with Gasteiger partial charge in [-0.05, 0) is 29.8 Å². The van der Waals surface area contributed by atoms with Crippen molar-refractivity contribution in [2.45, 2.75) is 6.54 Å². The summed E-state index contributed by atoms with van der Waals surface area (Å²) in [5, 5.41) is 12.9. The first kappa shape index (κ1) is 13.9. The third-order valence-corrected chi connectivity index (χ3v) is 3.53. The first-order chi connectivity index (χ1) is 10.7. The highest BCUT2D eigenvalue weighted by Gasteiger charge is 2.15. The molecule has 1 amide bonds. The molecule has 0 atom stereocenters. The summed E-state index contributed by atoms with van der Waals surface area (Å²) in [5.41, 5.74) is 2.13. The van der Waals surface area contributed by atoms with Gasteiger partial charge in [-0.1, -0.05) is 24.3 Å². The summed E-state index contributed by atoms with van der Waals surface area (Å²) < 4.78 is 0. The van der Waals surface area contributed by atoms with E-state index in [1.165, 1.54) is 12.1 Å². The zero-order valence-electron chi connectivity index (χ0n) is 11.7. The number of fused-ring (bicyclic) bond motifs is 1. The monoisotopic (exact) mass is 294 g/mol. The molecular weight excluding hydrogens is 280 g/mol. The van der Waals surface area contributed by atoms with Crippen molar-refractivity contribution in [3.63, 3.8) is 0 Å². The van der Waals surface area contributed by atoms with Gasteiger partial charge in [-0.2, -0.15) is 0 Å². The minimum absolute atomic E-state index is 0.000136. The van der Waals surface area contributed by atoms with Crippen molar-refractivity contribution in [1.29, 1.82) is 0 Å². The Balaban J connectivity index is 1.81. The molecule has 3 aromatic rings. The predicted octanol–water partition coefficient (Wildman–Crippen LogP) is 2.80. The van der Waals surface area contributed by atoms with Gasteiger partial charge in [-0.15, -0.1) is 0 Å². The van der Waals surface area contributed by atoms with Crippen LogP contribution in [0.1, 0.15) is 26.3 Å². The van der Waals surface area contributed by atoms with Gasteiger partial charge in [0.15, 0.2) is 0 Å². The third kappa shape index (κ3) is 2.56. The van der Waals surface area contributed by atoms with Gasteiger partial charge >= 0.3 is 5.97 Å². The molecule has 0 fully saturated rings. The Labute approximate surface area is 126 Å². The summed E-state index contributed by atoms with van der Waals surface area (Å²) in [4.78, 5) is 26.5. The molecule has 3 rings (SSSR count). The maximum Gasteiger partial charge on any atom is 0.336 e. The predicted molar refractivity (Wildman–Crippen MR) is 82.9 cm³/mol. The number of carboxylic acids is 1. The van der Waals surface area contributed by atoms with Crippen molar-refractivity contribution in [3.8, 4) is 0 Å². The van der Waals surface area contributed by atoms with Crippen LogP contribution in [0.15, 0.2) is 54.7 Å². The number of hydrogen-bond acceptors (Lipinski definition) is 2. The highest BCUT2D eigenvalue weighted by atomic mass is 16.4. The molecule has 22 heavy (non-hydrogen) atoms. The number of carbonyl (C=O) groups is 2. The summed E-state index contributed by atoms with van der Waals surface area (Å²) in [7, 11) is 0. The van der Waals surface area contributed by atoms with Gasteiger partial charge in [-0.3, -0.25) is 4.79 Å². The second kappa shape index (κ2) is 5.73. The summed E-state index contributed by atoms with van der Waals surface area (Å²) in [5.74, 6) is -1.51. The van der Waals surface area contributed by atoms with Gasteiger partial charge in [0.2, 0.25) is 0 Å². The molecule has 1 heterocycles. The number of hydrogen-bond donors (Lipinski definition) is 3. The summed E-state index contributed by atoms with van der Waals surface area (Å²) in [6.45, 7) is 0.335. The SMILES string of the molecule is O=C(O)c1ccccc1C(=O)NCc1cccc2[nH]ccc12. The van der Waals surface area contributed by atoms with Crippen LogP contribution in [0, 0.1) is 0 Å². The normalized spacial score (nSPS) is 10.5. The van der Waals surface area contributed by atoms with Crippen LogP contribution in [-0.2, 0) is 6.54 Å². The Morgan fingerprint density at radius 3 is 2.55 bits per heavy atom.